The van der Waals surface area contributed by atoms with Crippen molar-refractivity contribution < 1.29 is 19.0 Å². The van der Waals surface area contributed by atoms with Gasteiger partial charge in [-0.3, -0.25) is 4.79 Å². The number of esters is 1. The first-order valence-corrected chi connectivity index (χ1v) is 5.35. The molecular weight excluding hydrogens is 198 g/mol. The van der Waals surface area contributed by atoms with Gasteiger partial charge < -0.3 is 19.9 Å². The smallest absolute Gasteiger partial charge is 0.325 e. The third kappa shape index (κ3) is 4.59. The van der Waals surface area contributed by atoms with Gasteiger partial charge in [0, 0.05) is 13.2 Å². The molecule has 2 N–H and O–H groups in total. The van der Waals surface area contributed by atoms with Crippen LogP contribution in [-0.4, -0.2) is 44.5 Å². The Morgan fingerprint density at radius 1 is 1.53 bits per heavy atom. The standard InChI is InChI=1S/C10H19NO4/c1-2-14-10(12)9(11)7-15-8-3-5-13-6-4-8/h8-9H,2-7,11H2,1H3. The summed E-state index contributed by atoms with van der Waals surface area (Å²) in [7, 11) is 0. The maximum atomic E-state index is 11.2. The second kappa shape index (κ2) is 6.76. The normalized spacial score (nSPS) is 19.9. The SMILES string of the molecule is CCOC(=O)C(N)COC1CCOCC1. The first-order chi connectivity index (χ1) is 7.24. The summed E-state index contributed by atoms with van der Waals surface area (Å²) in [6.07, 6.45) is 1.91. The molecule has 1 aliphatic heterocycles. The van der Waals surface area contributed by atoms with Crippen molar-refractivity contribution in [3.63, 3.8) is 0 Å². The van der Waals surface area contributed by atoms with Crippen molar-refractivity contribution >= 4 is 5.97 Å². The zero-order chi connectivity index (χ0) is 11.1. The van der Waals surface area contributed by atoms with E-state index in [9.17, 15) is 4.79 Å². The number of rotatable bonds is 5. The lowest BCUT2D eigenvalue weighted by atomic mass is 10.1. The fourth-order valence-electron chi connectivity index (χ4n) is 1.40. The minimum atomic E-state index is -0.673. The topological polar surface area (TPSA) is 70.8 Å². The van der Waals surface area contributed by atoms with Crippen LogP contribution in [0.3, 0.4) is 0 Å². The van der Waals surface area contributed by atoms with E-state index >= 15 is 0 Å². The van der Waals surface area contributed by atoms with E-state index in [1.807, 2.05) is 0 Å². The quantitative estimate of drug-likeness (QED) is 0.660. The highest BCUT2D eigenvalue weighted by Gasteiger charge is 2.19. The van der Waals surface area contributed by atoms with Gasteiger partial charge >= 0.3 is 5.97 Å². The van der Waals surface area contributed by atoms with Crippen LogP contribution < -0.4 is 5.73 Å². The Morgan fingerprint density at radius 2 is 2.20 bits per heavy atom. The van der Waals surface area contributed by atoms with Crippen LogP contribution in [0.25, 0.3) is 0 Å². The number of hydrogen-bond acceptors (Lipinski definition) is 5. The Kier molecular flexibility index (Phi) is 5.60. The Labute approximate surface area is 89.9 Å². The lowest BCUT2D eigenvalue weighted by Crippen LogP contribution is -2.38. The molecule has 0 aromatic rings. The van der Waals surface area contributed by atoms with Crippen LogP contribution in [-0.2, 0) is 19.0 Å². The van der Waals surface area contributed by atoms with Crippen LogP contribution in [0.2, 0.25) is 0 Å². The molecule has 1 fully saturated rings. The Morgan fingerprint density at radius 3 is 2.80 bits per heavy atom. The van der Waals surface area contributed by atoms with Gasteiger partial charge in [0.15, 0.2) is 0 Å². The van der Waals surface area contributed by atoms with Gasteiger partial charge in [0.1, 0.15) is 6.04 Å². The summed E-state index contributed by atoms with van der Waals surface area (Å²) in [5.74, 6) is -0.399. The average Bonchev–Trinajstić information content (AvgIpc) is 2.27. The van der Waals surface area contributed by atoms with Crippen LogP contribution in [0.5, 0.6) is 0 Å². The van der Waals surface area contributed by atoms with Gasteiger partial charge in [-0.15, -0.1) is 0 Å². The van der Waals surface area contributed by atoms with Crippen molar-refractivity contribution in [2.75, 3.05) is 26.4 Å². The molecule has 0 radical (unpaired) electrons. The summed E-state index contributed by atoms with van der Waals surface area (Å²) >= 11 is 0. The largest absolute Gasteiger partial charge is 0.465 e. The first-order valence-electron chi connectivity index (χ1n) is 5.35. The molecule has 1 unspecified atom stereocenters. The average molecular weight is 217 g/mol. The Balaban J connectivity index is 2.14. The van der Waals surface area contributed by atoms with Crippen molar-refractivity contribution in [1.82, 2.24) is 0 Å². The molecule has 0 bridgehead atoms. The molecule has 0 aliphatic carbocycles. The van der Waals surface area contributed by atoms with Crippen molar-refractivity contribution in [3.05, 3.63) is 0 Å². The van der Waals surface area contributed by atoms with Crippen LogP contribution in [0.15, 0.2) is 0 Å². The molecular formula is C10H19NO4. The maximum Gasteiger partial charge on any atom is 0.325 e. The molecule has 5 nitrogen and oxygen atoms in total. The number of carbonyl (C=O) groups is 1. The highest BCUT2D eigenvalue weighted by Crippen LogP contribution is 2.10. The number of carbonyl (C=O) groups excluding carboxylic acids is 1. The van der Waals surface area contributed by atoms with Gasteiger partial charge in [0.2, 0.25) is 0 Å². The summed E-state index contributed by atoms with van der Waals surface area (Å²) in [5, 5.41) is 0. The molecule has 1 atom stereocenters. The van der Waals surface area contributed by atoms with Gasteiger partial charge in [-0.2, -0.15) is 0 Å². The summed E-state index contributed by atoms with van der Waals surface area (Å²) in [6, 6.07) is -0.673. The van der Waals surface area contributed by atoms with Crippen molar-refractivity contribution in [1.29, 1.82) is 0 Å². The third-order valence-electron chi connectivity index (χ3n) is 2.27. The molecule has 88 valence electrons. The van der Waals surface area contributed by atoms with Gasteiger partial charge in [0.25, 0.3) is 0 Å². The predicted octanol–water partition coefficient (Wildman–Crippen LogP) is 0.0724. The summed E-state index contributed by atoms with van der Waals surface area (Å²) in [5.41, 5.74) is 5.59. The molecule has 1 heterocycles. The second-order valence-electron chi connectivity index (χ2n) is 3.50. The van der Waals surface area contributed by atoms with E-state index in [4.69, 9.17) is 19.9 Å². The molecule has 0 saturated carbocycles. The summed E-state index contributed by atoms with van der Waals surface area (Å²) in [4.78, 5) is 11.2. The van der Waals surface area contributed by atoms with E-state index in [1.165, 1.54) is 0 Å². The van der Waals surface area contributed by atoms with Crippen LogP contribution >= 0.6 is 0 Å². The first kappa shape index (κ1) is 12.4. The van der Waals surface area contributed by atoms with E-state index in [0.717, 1.165) is 26.1 Å². The van der Waals surface area contributed by atoms with E-state index in [2.05, 4.69) is 0 Å². The monoisotopic (exact) mass is 217 g/mol. The van der Waals surface area contributed by atoms with Crippen LogP contribution in [0, 0.1) is 0 Å². The Bertz CT molecular complexity index is 192. The van der Waals surface area contributed by atoms with Crippen molar-refractivity contribution in [2.45, 2.75) is 31.9 Å². The number of hydrogen-bond donors (Lipinski definition) is 1. The highest BCUT2D eigenvalue weighted by molar-refractivity contribution is 5.75. The van der Waals surface area contributed by atoms with Gasteiger partial charge in [-0.25, -0.2) is 0 Å². The minimum absolute atomic E-state index is 0.166. The fourth-order valence-corrected chi connectivity index (χ4v) is 1.40. The highest BCUT2D eigenvalue weighted by atomic mass is 16.5. The van der Waals surface area contributed by atoms with E-state index in [-0.39, 0.29) is 12.7 Å². The van der Waals surface area contributed by atoms with Gasteiger partial charge in [-0.1, -0.05) is 0 Å². The lowest BCUT2D eigenvalue weighted by molar-refractivity contribution is -0.147. The molecule has 15 heavy (non-hydrogen) atoms. The minimum Gasteiger partial charge on any atom is -0.465 e. The summed E-state index contributed by atoms with van der Waals surface area (Å²) < 4.78 is 15.5. The molecule has 0 aromatic carbocycles. The molecule has 0 amide bonds. The van der Waals surface area contributed by atoms with Crippen LogP contribution in [0.1, 0.15) is 19.8 Å². The molecule has 0 spiro atoms. The molecule has 1 aliphatic rings. The van der Waals surface area contributed by atoms with E-state index in [1.54, 1.807) is 6.92 Å². The van der Waals surface area contributed by atoms with Crippen molar-refractivity contribution in [3.8, 4) is 0 Å². The van der Waals surface area contributed by atoms with E-state index < -0.39 is 12.0 Å². The van der Waals surface area contributed by atoms with Gasteiger partial charge in [0.05, 0.1) is 19.3 Å². The van der Waals surface area contributed by atoms with Gasteiger partial charge in [-0.05, 0) is 19.8 Å². The second-order valence-corrected chi connectivity index (χ2v) is 3.50. The van der Waals surface area contributed by atoms with Crippen LogP contribution in [0.4, 0.5) is 0 Å². The fraction of sp³-hybridized carbons (Fsp3) is 0.900. The molecule has 5 heteroatoms. The molecule has 1 rings (SSSR count). The zero-order valence-corrected chi connectivity index (χ0v) is 9.11. The maximum absolute atomic E-state index is 11.2. The lowest BCUT2D eigenvalue weighted by Gasteiger charge is -2.23. The Hall–Kier alpha value is -0.650. The molecule has 0 aromatic heterocycles. The van der Waals surface area contributed by atoms with Crippen molar-refractivity contribution in [2.24, 2.45) is 5.73 Å². The number of nitrogens with two attached hydrogens (primary N) is 1. The summed E-state index contributed by atoms with van der Waals surface area (Å²) in [6.45, 7) is 3.77. The molecule has 1 saturated heterocycles. The number of ether oxygens (including phenoxy) is 3. The predicted molar refractivity (Wildman–Crippen MR) is 54.4 cm³/mol. The van der Waals surface area contributed by atoms with E-state index in [0.29, 0.717) is 6.61 Å². The zero-order valence-electron chi connectivity index (χ0n) is 9.11. The third-order valence-corrected chi connectivity index (χ3v) is 2.27.